The molecule has 3 N–H and O–H groups in total. The zero-order valence-corrected chi connectivity index (χ0v) is 23.3. The molecule has 0 aliphatic carbocycles. The topological polar surface area (TPSA) is 111 Å². The predicted molar refractivity (Wildman–Crippen MR) is 149 cm³/mol. The van der Waals surface area contributed by atoms with E-state index < -0.39 is 29.6 Å². The van der Waals surface area contributed by atoms with E-state index in [0.717, 1.165) is 25.3 Å². The summed E-state index contributed by atoms with van der Waals surface area (Å²) < 4.78 is 38.8. The van der Waals surface area contributed by atoms with Crippen LogP contribution in [0.4, 0.5) is 8.78 Å². The van der Waals surface area contributed by atoms with Gasteiger partial charge in [0.05, 0.1) is 18.8 Å². The summed E-state index contributed by atoms with van der Waals surface area (Å²) in [5, 5.41) is 2.90. The molecule has 0 aliphatic heterocycles. The smallest absolute Gasteiger partial charge is 0.253 e. The minimum Gasteiger partial charge on any atom is -0.445 e. The van der Waals surface area contributed by atoms with E-state index in [0.29, 0.717) is 36.4 Å². The van der Waals surface area contributed by atoms with Gasteiger partial charge in [-0.3, -0.25) is 9.59 Å². The number of nitrogens with two attached hydrogens (primary N) is 1. The lowest BCUT2D eigenvalue weighted by Gasteiger charge is -2.26. The second kappa shape index (κ2) is 15.2. The lowest BCUT2D eigenvalue weighted by Crippen LogP contribution is -2.51. The van der Waals surface area contributed by atoms with Crippen molar-refractivity contribution in [2.45, 2.75) is 58.5 Å². The number of rotatable bonds is 15. The number of amides is 2. The molecule has 40 heavy (non-hydrogen) atoms. The Kier molecular flexibility index (Phi) is 11.8. The summed E-state index contributed by atoms with van der Waals surface area (Å²) in [5.41, 5.74) is 7.71. The molecule has 0 fully saturated rings. The van der Waals surface area contributed by atoms with Gasteiger partial charge in [0, 0.05) is 48.5 Å². The maximum absolute atomic E-state index is 13.9. The average Bonchev–Trinajstić information content (AvgIpc) is 3.47. The molecule has 0 saturated carbocycles. The summed E-state index contributed by atoms with van der Waals surface area (Å²) in [6.45, 7) is 7.74. The van der Waals surface area contributed by atoms with Crippen LogP contribution in [0.5, 0.6) is 0 Å². The summed E-state index contributed by atoms with van der Waals surface area (Å²) in [4.78, 5) is 33.0. The Hall–Kier alpha value is -3.63. The third-order valence-corrected chi connectivity index (χ3v) is 6.27. The molecule has 216 valence electrons. The number of hydrogen-bond donors (Lipinski definition) is 2. The Morgan fingerprint density at radius 3 is 2.27 bits per heavy atom. The minimum absolute atomic E-state index is 0.0725. The first-order valence-electron chi connectivity index (χ1n) is 13.7. The molecule has 3 rings (SSSR count). The molecule has 0 saturated heterocycles. The predicted octanol–water partition coefficient (Wildman–Crippen LogP) is 4.98. The van der Waals surface area contributed by atoms with Gasteiger partial charge in [-0.05, 0) is 61.6 Å². The van der Waals surface area contributed by atoms with E-state index in [1.807, 2.05) is 20.8 Å². The number of halogens is 2. The Bertz CT molecular complexity index is 1230. The van der Waals surface area contributed by atoms with Gasteiger partial charge in [-0.1, -0.05) is 20.8 Å². The standard InChI is InChI=1S/C30H38F2N4O4/c1-4-8-36(9-5-2)30(38)23-16-21(15-22(17-23)29-34-7-11-40-29)28(37)35-27(26(33)19-39-10-6-3)14-20-12-24(31)18-25(32)13-20/h7,11-13,15-18,26-27H,4-6,8-10,14,19,33H2,1-3H3,(H,35,37)/t26?,27-/m0/s1. The van der Waals surface area contributed by atoms with Crippen molar-refractivity contribution < 1.29 is 27.5 Å². The quantitative estimate of drug-likeness (QED) is 0.256. The molecule has 1 unspecified atom stereocenters. The van der Waals surface area contributed by atoms with Gasteiger partial charge in [0.15, 0.2) is 0 Å². The SMILES string of the molecule is CCCOCC(N)[C@H](Cc1cc(F)cc(F)c1)NC(=O)c1cc(C(=O)N(CCC)CCC)cc(-c2ncco2)c1. The highest BCUT2D eigenvalue weighted by Gasteiger charge is 2.24. The normalized spacial score (nSPS) is 12.7. The molecule has 3 aromatic rings. The number of ether oxygens (including phenoxy) is 1. The molecule has 2 amide bonds. The molecule has 0 aliphatic rings. The van der Waals surface area contributed by atoms with Crippen LogP contribution in [0, 0.1) is 11.6 Å². The monoisotopic (exact) mass is 556 g/mol. The number of benzene rings is 2. The van der Waals surface area contributed by atoms with E-state index in [1.54, 1.807) is 17.0 Å². The first kappa shape index (κ1) is 30.9. The number of carbonyl (C=O) groups is 2. The molecule has 8 nitrogen and oxygen atoms in total. The van der Waals surface area contributed by atoms with Gasteiger partial charge in [0.2, 0.25) is 5.89 Å². The van der Waals surface area contributed by atoms with Crippen LogP contribution in [0.15, 0.2) is 53.3 Å². The van der Waals surface area contributed by atoms with Crippen LogP contribution in [0.2, 0.25) is 0 Å². The second-order valence-corrected chi connectivity index (χ2v) is 9.73. The second-order valence-electron chi connectivity index (χ2n) is 9.73. The van der Waals surface area contributed by atoms with E-state index in [4.69, 9.17) is 14.9 Å². The van der Waals surface area contributed by atoms with Crippen LogP contribution in [0.1, 0.15) is 66.3 Å². The average molecular weight is 557 g/mol. The Morgan fingerprint density at radius 1 is 1.00 bits per heavy atom. The van der Waals surface area contributed by atoms with Gasteiger partial charge >= 0.3 is 0 Å². The van der Waals surface area contributed by atoms with Crippen LogP contribution in [-0.2, 0) is 11.2 Å². The molecule has 2 atom stereocenters. The molecular formula is C30H38F2N4O4. The maximum atomic E-state index is 13.9. The van der Waals surface area contributed by atoms with Crippen LogP contribution in [-0.4, -0.2) is 60.1 Å². The summed E-state index contributed by atoms with van der Waals surface area (Å²) >= 11 is 0. The van der Waals surface area contributed by atoms with Crippen molar-refractivity contribution in [3.05, 3.63) is 77.2 Å². The fraction of sp³-hybridized carbons (Fsp3) is 0.433. The van der Waals surface area contributed by atoms with Crippen molar-refractivity contribution in [1.29, 1.82) is 0 Å². The van der Waals surface area contributed by atoms with Gasteiger partial charge in [-0.15, -0.1) is 0 Å². The van der Waals surface area contributed by atoms with Gasteiger partial charge < -0.3 is 25.1 Å². The van der Waals surface area contributed by atoms with Crippen molar-refractivity contribution in [2.24, 2.45) is 5.73 Å². The summed E-state index contributed by atoms with van der Waals surface area (Å²) in [6.07, 6.45) is 5.33. The molecule has 1 aromatic heterocycles. The highest BCUT2D eigenvalue weighted by molar-refractivity contribution is 6.01. The molecular weight excluding hydrogens is 518 g/mol. The minimum atomic E-state index is -0.721. The van der Waals surface area contributed by atoms with Crippen molar-refractivity contribution in [3.8, 4) is 11.5 Å². The van der Waals surface area contributed by atoms with Crippen molar-refractivity contribution >= 4 is 11.8 Å². The molecule has 10 heteroatoms. The largest absolute Gasteiger partial charge is 0.445 e. The Labute approximate surface area is 233 Å². The third-order valence-electron chi connectivity index (χ3n) is 6.27. The number of aromatic nitrogens is 1. The molecule has 0 bridgehead atoms. The molecule has 0 radical (unpaired) electrons. The molecule has 0 spiro atoms. The van der Waals surface area contributed by atoms with Crippen LogP contribution >= 0.6 is 0 Å². The molecule has 2 aromatic carbocycles. The van der Waals surface area contributed by atoms with Gasteiger partial charge in [0.25, 0.3) is 11.8 Å². The first-order valence-corrected chi connectivity index (χ1v) is 13.7. The fourth-order valence-electron chi connectivity index (χ4n) is 4.43. The van der Waals surface area contributed by atoms with Crippen molar-refractivity contribution in [2.75, 3.05) is 26.3 Å². The van der Waals surface area contributed by atoms with E-state index in [1.165, 1.54) is 30.7 Å². The van der Waals surface area contributed by atoms with E-state index >= 15 is 0 Å². The van der Waals surface area contributed by atoms with Crippen LogP contribution in [0.3, 0.4) is 0 Å². The number of oxazole rings is 1. The fourth-order valence-corrected chi connectivity index (χ4v) is 4.43. The van der Waals surface area contributed by atoms with E-state index in [2.05, 4.69) is 10.3 Å². The van der Waals surface area contributed by atoms with Crippen molar-refractivity contribution in [1.82, 2.24) is 15.2 Å². The van der Waals surface area contributed by atoms with E-state index in [9.17, 15) is 18.4 Å². The summed E-state index contributed by atoms with van der Waals surface area (Å²) in [5.74, 6) is -1.89. The summed E-state index contributed by atoms with van der Waals surface area (Å²) in [7, 11) is 0. The van der Waals surface area contributed by atoms with Crippen LogP contribution in [0.25, 0.3) is 11.5 Å². The Balaban J connectivity index is 1.95. The lowest BCUT2D eigenvalue weighted by molar-refractivity contribution is 0.0755. The van der Waals surface area contributed by atoms with Gasteiger partial charge in [0.1, 0.15) is 17.9 Å². The number of nitrogens with zero attached hydrogens (tertiary/aromatic N) is 2. The van der Waals surface area contributed by atoms with Crippen molar-refractivity contribution in [3.63, 3.8) is 0 Å². The number of carbonyl (C=O) groups excluding carboxylic acids is 2. The van der Waals surface area contributed by atoms with Crippen LogP contribution < -0.4 is 11.1 Å². The zero-order chi connectivity index (χ0) is 29.1. The lowest BCUT2D eigenvalue weighted by atomic mass is 9.98. The van der Waals surface area contributed by atoms with Gasteiger partial charge in [-0.2, -0.15) is 0 Å². The summed E-state index contributed by atoms with van der Waals surface area (Å²) in [6, 6.07) is 6.58. The highest BCUT2D eigenvalue weighted by atomic mass is 19.1. The maximum Gasteiger partial charge on any atom is 0.253 e. The molecule has 1 heterocycles. The van der Waals surface area contributed by atoms with E-state index in [-0.39, 0.29) is 30.4 Å². The van der Waals surface area contributed by atoms with Gasteiger partial charge in [-0.25, -0.2) is 13.8 Å². The number of hydrogen-bond acceptors (Lipinski definition) is 6. The third kappa shape index (κ3) is 8.69. The highest BCUT2D eigenvalue weighted by Crippen LogP contribution is 2.23. The number of nitrogens with one attached hydrogen (secondary N) is 1. The first-order chi connectivity index (χ1) is 19.2. The zero-order valence-electron chi connectivity index (χ0n) is 23.3. The Morgan fingerprint density at radius 2 is 1.68 bits per heavy atom.